The number of sulfonamides is 1. The third kappa shape index (κ3) is 3.56. The van der Waals surface area contributed by atoms with Crippen molar-refractivity contribution in [3.05, 3.63) is 28.2 Å². The van der Waals surface area contributed by atoms with Gasteiger partial charge in [-0.05, 0) is 44.0 Å². The number of rotatable bonds is 4. The Morgan fingerprint density at radius 1 is 1.47 bits per heavy atom. The molecule has 2 rings (SSSR count). The van der Waals surface area contributed by atoms with Crippen LogP contribution in [0.1, 0.15) is 18.9 Å². The van der Waals surface area contributed by atoms with Gasteiger partial charge < -0.3 is 4.74 Å². The number of nitrogens with one attached hydrogen (secondary N) is 1. The predicted octanol–water partition coefficient (Wildman–Crippen LogP) is 2.46. The highest BCUT2D eigenvalue weighted by Crippen LogP contribution is 2.22. The van der Waals surface area contributed by atoms with Gasteiger partial charge in [-0.15, -0.1) is 0 Å². The van der Waals surface area contributed by atoms with E-state index >= 15 is 0 Å². The van der Waals surface area contributed by atoms with Crippen LogP contribution in [0, 0.1) is 12.8 Å². The van der Waals surface area contributed by atoms with E-state index in [4.69, 9.17) is 4.74 Å². The molecule has 1 aromatic rings. The van der Waals surface area contributed by atoms with E-state index in [-0.39, 0.29) is 12.0 Å². The molecule has 4 nitrogen and oxygen atoms in total. The van der Waals surface area contributed by atoms with E-state index < -0.39 is 10.0 Å². The predicted molar refractivity (Wildman–Crippen MR) is 77.6 cm³/mol. The zero-order chi connectivity index (χ0) is 14.0. The molecule has 0 spiro atoms. The van der Waals surface area contributed by atoms with Gasteiger partial charge in [-0.3, -0.25) is 0 Å². The van der Waals surface area contributed by atoms with Crippen LogP contribution in [0.25, 0.3) is 0 Å². The van der Waals surface area contributed by atoms with Crippen LogP contribution in [0.15, 0.2) is 27.6 Å². The van der Waals surface area contributed by atoms with Crippen molar-refractivity contribution in [3.63, 3.8) is 0 Å². The monoisotopic (exact) mass is 347 g/mol. The third-order valence-electron chi connectivity index (χ3n) is 3.44. The average Bonchev–Trinajstić information content (AvgIpc) is 2.80. The van der Waals surface area contributed by atoms with Crippen LogP contribution in [0.2, 0.25) is 0 Å². The molecule has 0 bridgehead atoms. The van der Waals surface area contributed by atoms with E-state index in [0.29, 0.717) is 18.1 Å². The van der Waals surface area contributed by atoms with Gasteiger partial charge >= 0.3 is 0 Å². The second kappa shape index (κ2) is 5.91. The molecule has 1 aliphatic rings. The lowest BCUT2D eigenvalue weighted by molar-refractivity contribution is 0.180. The molecule has 106 valence electrons. The normalized spacial score (nSPS) is 21.5. The fourth-order valence-electron chi connectivity index (χ4n) is 2.27. The van der Waals surface area contributed by atoms with Gasteiger partial charge in [-0.2, -0.15) is 0 Å². The Morgan fingerprint density at radius 3 is 2.79 bits per heavy atom. The topological polar surface area (TPSA) is 55.4 Å². The van der Waals surface area contributed by atoms with E-state index in [9.17, 15) is 8.42 Å². The van der Waals surface area contributed by atoms with E-state index in [1.54, 1.807) is 25.1 Å². The summed E-state index contributed by atoms with van der Waals surface area (Å²) >= 11 is 3.34. The summed E-state index contributed by atoms with van der Waals surface area (Å²) in [6.45, 7) is 5.03. The molecule has 0 aliphatic carbocycles. The van der Waals surface area contributed by atoms with Gasteiger partial charge in [0.25, 0.3) is 0 Å². The lowest BCUT2D eigenvalue weighted by atomic mass is 10.0. The summed E-state index contributed by atoms with van der Waals surface area (Å²) in [5, 5.41) is 0. The molecule has 1 aliphatic heterocycles. The molecule has 0 unspecified atom stereocenters. The second-order valence-corrected chi connectivity index (χ2v) is 7.54. The number of ether oxygens (including phenoxy) is 1. The molecule has 1 N–H and O–H groups in total. The van der Waals surface area contributed by atoms with Crippen LogP contribution in [0.4, 0.5) is 0 Å². The summed E-state index contributed by atoms with van der Waals surface area (Å²) in [6.07, 6.45) is 0.906. The Balaban J connectivity index is 2.17. The van der Waals surface area contributed by atoms with Crippen LogP contribution in [-0.4, -0.2) is 27.7 Å². The summed E-state index contributed by atoms with van der Waals surface area (Å²) in [4.78, 5) is 0.335. The maximum Gasteiger partial charge on any atom is 0.241 e. The van der Waals surface area contributed by atoms with E-state index in [2.05, 4.69) is 20.7 Å². The van der Waals surface area contributed by atoms with Crippen molar-refractivity contribution >= 4 is 26.0 Å². The molecule has 0 saturated carbocycles. The number of hydrogen-bond acceptors (Lipinski definition) is 3. The molecular formula is C13H18BrNO3S. The Morgan fingerprint density at radius 2 is 2.21 bits per heavy atom. The number of benzene rings is 1. The quantitative estimate of drug-likeness (QED) is 0.910. The molecular weight excluding hydrogens is 330 g/mol. The lowest BCUT2D eigenvalue weighted by Gasteiger charge is -2.20. The first kappa shape index (κ1) is 15.0. The van der Waals surface area contributed by atoms with Gasteiger partial charge in [0.05, 0.1) is 11.5 Å². The largest absolute Gasteiger partial charge is 0.381 e. The van der Waals surface area contributed by atoms with E-state index in [1.165, 1.54) is 0 Å². The molecule has 1 saturated heterocycles. The smallest absolute Gasteiger partial charge is 0.241 e. The third-order valence-corrected chi connectivity index (χ3v) is 5.65. The molecule has 0 aromatic heterocycles. The fourth-order valence-corrected chi connectivity index (χ4v) is 4.28. The minimum Gasteiger partial charge on any atom is -0.381 e. The SMILES string of the molecule is Cc1cc(Br)ccc1S(=O)(=O)N[C@@H](C)[C@H]1CCOC1. The summed E-state index contributed by atoms with van der Waals surface area (Å²) in [5.41, 5.74) is 0.733. The van der Waals surface area contributed by atoms with Gasteiger partial charge in [-0.25, -0.2) is 13.1 Å². The lowest BCUT2D eigenvalue weighted by Crippen LogP contribution is -2.38. The molecule has 2 atom stereocenters. The molecule has 0 amide bonds. The van der Waals surface area contributed by atoms with Gasteiger partial charge in [0.1, 0.15) is 0 Å². The van der Waals surface area contributed by atoms with Crippen molar-refractivity contribution in [1.82, 2.24) is 4.72 Å². The summed E-state index contributed by atoms with van der Waals surface area (Å²) < 4.78 is 33.7. The second-order valence-electron chi connectivity index (χ2n) is 4.94. The number of hydrogen-bond donors (Lipinski definition) is 1. The van der Waals surface area contributed by atoms with Gasteiger partial charge in [0.15, 0.2) is 0 Å². The molecule has 0 radical (unpaired) electrons. The summed E-state index contributed by atoms with van der Waals surface area (Å²) in [6, 6.07) is 5.05. The first-order chi connectivity index (χ1) is 8.90. The van der Waals surface area contributed by atoms with Crippen LogP contribution in [0.5, 0.6) is 0 Å². The first-order valence-corrected chi connectivity index (χ1v) is 8.54. The Bertz CT molecular complexity index is 553. The highest BCUT2D eigenvalue weighted by molar-refractivity contribution is 9.10. The average molecular weight is 348 g/mol. The Labute approximate surface area is 122 Å². The van der Waals surface area contributed by atoms with Crippen LogP contribution < -0.4 is 4.72 Å². The molecule has 6 heteroatoms. The zero-order valence-electron chi connectivity index (χ0n) is 11.0. The minimum atomic E-state index is -3.47. The van der Waals surface area contributed by atoms with Crippen molar-refractivity contribution in [2.24, 2.45) is 5.92 Å². The van der Waals surface area contributed by atoms with Gasteiger partial charge in [-0.1, -0.05) is 15.9 Å². The van der Waals surface area contributed by atoms with Gasteiger partial charge in [0.2, 0.25) is 10.0 Å². The Hall–Kier alpha value is -0.430. The molecule has 1 heterocycles. The van der Waals surface area contributed by atoms with E-state index in [0.717, 1.165) is 16.5 Å². The van der Waals surface area contributed by atoms with E-state index in [1.807, 2.05) is 6.92 Å². The van der Waals surface area contributed by atoms with Crippen LogP contribution in [0.3, 0.4) is 0 Å². The van der Waals surface area contributed by atoms with Crippen molar-refractivity contribution < 1.29 is 13.2 Å². The van der Waals surface area contributed by atoms with Crippen molar-refractivity contribution in [3.8, 4) is 0 Å². The highest BCUT2D eigenvalue weighted by Gasteiger charge is 2.27. The summed E-state index contributed by atoms with van der Waals surface area (Å²) in [7, 11) is -3.47. The summed E-state index contributed by atoms with van der Waals surface area (Å²) in [5.74, 6) is 0.255. The van der Waals surface area contributed by atoms with Crippen molar-refractivity contribution in [2.45, 2.75) is 31.2 Å². The van der Waals surface area contributed by atoms with Crippen LogP contribution >= 0.6 is 15.9 Å². The minimum absolute atomic E-state index is 0.115. The standard InChI is InChI=1S/C13H18BrNO3S/c1-9-7-12(14)3-4-13(9)19(16,17)15-10(2)11-5-6-18-8-11/h3-4,7,10-11,15H,5-6,8H2,1-2H3/t10-,11-/m0/s1. The fraction of sp³-hybridized carbons (Fsp3) is 0.538. The molecule has 19 heavy (non-hydrogen) atoms. The zero-order valence-corrected chi connectivity index (χ0v) is 13.4. The highest BCUT2D eigenvalue weighted by atomic mass is 79.9. The Kier molecular flexibility index (Phi) is 4.66. The van der Waals surface area contributed by atoms with Crippen molar-refractivity contribution in [2.75, 3.05) is 13.2 Å². The van der Waals surface area contributed by atoms with Crippen molar-refractivity contribution in [1.29, 1.82) is 0 Å². The number of aryl methyl sites for hydroxylation is 1. The first-order valence-electron chi connectivity index (χ1n) is 6.26. The molecule has 1 fully saturated rings. The van der Waals surface area contributed by atoms with Gasteiger partial charge in [0, 0.05) is 23.0 Å². The maximum absolute atomic E-state index is 12.4. The molecule has 1 aromatic carbocycles. The van der Waals surface area contributed by atoms with Crippen LogP contribution in [-0.2, 0) is 14.8 Å². The maximum atomic E-state index is 12.4. The number of halogens is 1.